The molecular formula is C12H18O. The average molecular weight is 178 g/mol. The third kappa shape index (κ3) is 2.85. The standard InChI is InChI=1S/C12H18O/c1-9-6-5-7-10(2)11(9)8-12(3,4)13/h5-7,13H,8H2,1-4H3. The molecule has 0 spiro atoms. The fraction of sp³-hybridized carbons (Fsp3) is 0.500. The second kappa shape index (κ2) is 3.51. The molecule has 0 bridgehead atoms. The molecule has 0 heterocycles. The van der Waals surface area contributed by atoms with Crippen molar-refractivity contribution in [2.24, 2.45) is 0 Å². The minimum atomic E-state index is -0.614. The van der Waals surface area contributed by atoms with E-state index >= 15 is 0 Å². The Morgan fingerprint density at radius 3 is 2.00 bits per heavy atom. The normalized spacial score (nSPS) is 11.8. The fourth-order valence-electron chi connectivity index (χ4n) is 1.56. The molecule has 1 heteroatoms. The molecule has 0 aliphatic heterocycles. The maximum Gasteiger partial charge on any atom is 0.0632 e. The summed E-state index contributed by atoms with van der Waals surface area (Å²) >= 11 is 0. The Hall–Kier alpha value is -0.820. The number of hydrogen-bond acceptors (Lipinski definition) is 1. The van der Waals surface area contributed by atoms with Crippen LogP contribution in [-0.2, 0) is 6.42 Å². The van der Waals surface area contributed by atoms with Gasteiger partial charge in [0.1, 0.15) is 0 Å². The van der Waals surface area contributed by atoms with Gasteiger partial charge in [0.15, 0.2) is 0 Å². The van der Waals surface area contributed by atoms with Crippen LogP contribution in [0.3, 0.4) is 0 Å². The third-order valence-electron chi connectivity index (χ3n) is 2.25. The zero-order valence-corrected chi connectivity index (χ0v) is 8.89. The molecule has 0 aliphatic carbocycles. The van der Waals surface area contributed by atoms with Crippen LogP contribution in [-0.4, -0.2) is 10.7 Å². The second-order valence-corrected chi connectivity index (χ2v) is 4.36. The first kappa shape index (κ1) is 10.3. The van der Waals surface area contributed by atoms with Crippen LogP contribution in [0.1, 0.15) is 30.5 Å². The van der Waals surface area contributed by atoms with Crippen LogP contribution in [0.4, 0.5) is 0 Å². The van der Waals surface area contributed by atoms with Crippen molar-refractivity contribution < 1.29 is 5.11 Å². The Morgan fingerprint density at radius 1 is 1.15 bits per heavy atom. The van der Waals surface area contributed by atoms with Crippen LogP contribution < -0.4 is 0 Å². The van der Waals surface area contributed by atoms with Crippen molar-refractivity contribution in [1.29, 1.82) is 0 Å². The monoisotopic (exact) mass is 178 g/mol. The summed E-state index contributed by atoms with van der Waals surface area (Å²) in [4.78, 5) is 0. The van der Waals surface area contributed by atoms with E-state index in [0.717, 1.165) is 6.42 Å². The molecule has 0 saturated carbocycles. The van der Waals surface area contributed by atoms with E-state index in [2.05, 4.69) is 32.0 Å². The molecule has 72 valence electrons. The van der Waals surface area contributed by atoms with Crippen molar-refractivity contribution >= 4 is 0 Å². The van der Waals surface area contributed by atoms with Gasteiger partial charge < -0.3 is 5.11 Å². The van der Waals surface area contributed by atoms with Crippen molar-refractivity contribution in [3.05, 3.63) is 34.9 Å². The summed E-state index contributed by atoms with van der Waals surface area (Å²) in [7, 11) is 0. The minimum absolute atomic E-state index is 0.614. The maximum atomic E-state index is 9.72. The molecule has 1 aromatic carbocycles. The van der Waals surface area contributed by atoms with E-state index in [1.54, 1.807) is 0 Å². The summed E-state index contributed by atoms with van der Waals surface area (Å²) in [6.45, 7) is 7.87. The van der Waals surface area contributed by atoms with Gasteiger partial charge in [-0.1, -0.05) is 18.2 Å². The minimum Gasteiger partial charge on any atom is -0.390 e. The van der Waals surface area contributed by atoms with Crippen LogP contribution in [0.15, 0.2) is 18.2 Å². The lowest BCUT2D eigenvalue weighted by Crippen LogP contribution is -2.22. The molecule has 0 aliphatic rings. The first-order valence-corrected chi connectivity index (χ1v) is 4.67. The summed E-state index contributed by atoms with van der Waals surface area (Å²) in [6.07, 6.45) is 0.728. The topological polar surface area (TPSA) is 20.2 Å². The maximum absolute atomic E-state index is 9.72. The Kier molecular flexibility index (Phi) is 2.77. The Balaban J connectivity index is 3.00. The summed E-state index contributed by atoms with van der Waals surface area (Å²) < 4.78 is 0. The van der Waals surface area contributed by atoms with E-state index in [9.17, 15) is 5.11 Å². The smallest absolute Gasteiger partial charge is 0.0632 e. The lowest BCUT2D eigenvalue weighted by atomic mass is 9.92. The number of aryl methyl sites for hydroxylation is 2. The van der Waals surface area contributed by atoms with Crippen molar-refractivity contribution in [1.82, 2.24) is 0 Å². The van der Waals surface area contributed by atoms with E-state index in [4.69, 9.17) is 0 Å². The number of rotatable bonds is 2. The number of aliphatic hydroxyl groups is 1. The molecule has 0 saturated heterocycles. The van der Waals surface area contributed by atoms with Crippen LogP contribution >= 0.6 is 0 Å². The molecule has 13 heavy (non-hydrogen) atoms. The lowest BCUT2D eigenvalue weighted by Gasteiger charge is -2.20. The highest BCUT2D eigenvalue weighted by molar-refractivity contribution is 5.34. The van der Waals surface area contributed by atoms with E-state index in [1.165, 1.54) is 16.7 Å². The molecular weight excluding hydrogens is 160 g/mol. The lowest BCUT2D eigenvalue weighted by molar-refractivity contribution is 0.0806. The average Bonchev–Trinajstić information content (AvgIpc) is 1.95. The number of hydrogen-bond donors (Lipinski definition) is 1. The van der Waals surface area contributed by atoms with Gasteiger partial charge in [-0.25, -0.2) is 0 Å². The molecule has 1 nitrogen and oxygen atoms in total. The van der Waals surface area contributed by atoms with Crippen LogP contribution in [0, 0.1) is 13.8 Å². The van der Waals surface area contributed by atoms with E-state index < -0.39 is 5.60 Å². The van der Waals surface area contributed by atoms with Crippen molar-refractivity contribution in [3.8, 4) is 0 Å². The highest BCUT2D eigenvalue weighted by Gasteiger charge is 2.15. The fourth-order valence-corrected chi connectivity index (χ4v) is 1.56. The van der Waals surface area contributed by atoms with Gasteiger partial charge in [-0.3, -0.25) is 0 Å². The number of benzene rings is 1. The van der Waals surface area contributed by atoms with E-state index in [0.29, 0.717) is 0 Å². The highest BCUT2D eigenvalue weighted by atomic mass is 16.3. The summed E-state index contributed by atoms with van der Waals surface area (Å²) in [6, 6.07) is 6.24. The highest BCUT2D eigenvalue weighted by Crippen LogP contribution is 2.19. The van der Waals surface area contributed by atoms with Gasteiger partial charge in [0.2, 0.25) is 0 Å². The Labute approximate surface area is 80.4 Å². The largest absolute Gasteiger partial charge is 0.390 e. The zero-order valence-electron chi connectivity index (χ0n) is 8.89. The summed E-state index contributed by atoms with van der Waals surface area (Å²) in [5, 5.41) is 9.72. The Morgan fingerprint density at radius 2 is 1.62 bits per heavy atom. The quantitative estimate of drug-likeness (QED) is 0.738. The molecule has 0 amide bonds. The van der Waals surface area contributed by atoms with Gasteiger partial charge in [-0.05, 0) is 44.4 Å². The summed E-state index contributed by atoms with van der Waals surface area (Å²) in [5.74, 6) is 0. The predicted molar refractivity (Wildman–Crippen MR) is 55.9 cm³/mol. The SMILES string of the molecule is Cc1cccc(C)c1CC(C)(C)O. The van der Waals surface area contributed by atoms with Crippen LogP contribution in [0.2, 0.25) is 0 Å². The zero-order chi connectivity index (χ0) is 10.1. The van der Waals surface area contributed by atoms with Gasteiger partial charge in [-0.2, -0.15) is 0 Å². The second-order valence-electron chi connectivity index (χ2n) is 4.36. The van der Waals surface area contributed by atoms with Gasteiger partial charge >= 0.3 is 0 Å². The molecule has 0 aromatic heterocycles. The molecule has 0 unspecified atom stereocenters. The Bertz CT molecular complexity index is 274. The van der Waals surface area contributed by atoms with Gasteiger partial charge in [-0.15, -0.1) is 0 Å². The van der Waals surface area contributed by atoms with Gasteiger partial charge in [0.05, 0.1) is 5.60 Å². The molecule has 0 fully saturated rings. The van der Waals surface area contributed by atoms with Crippen molar-refractivity contribution in [2.45, 2.75) is 39.7 Å². The predicted octanol–water partition coefficient (Wildman–Crippen LogP) is 2.62. The van der Waals surface area contributed by atoms with Gasteiger partial charge in [0.25, 0.3) is 0 Å². The van der Waals surface area contributed by atoms with Crippen molar-refractivity contribution in [3.63, 3.8) is 0 Å². The molecule has 0 atom stereocenters. The summed E-state index contributed by atoms with van der Waals surface area (Å²) in [5.41, 5.74) is 3.19. The van der Waals surface area contributed by atoms with Crippen LogP contribution in [0.25, 0.3) is 0 Å². The third-order valence-corrected chi connectivity index (χ3v) is 2.25. The van der Waals surface area contributed by atoms with Crippen molar-refractivity contribution in [2.75, 3.05) is 0 Å². The van der Waals surface area contributed by atoms with Crippen LogP contribution in [0.5, 0.6) is 0 Å². The molecule has 0 radical (unpaired) electrons. The molecule has 1 aromatic rings. The first-order chi connectivity index (χ1) is 5.90. The van der Waals surface area contributed by atoms with E-state index in [-0.39, 0.29) is 0 Å². The van der Waals surface area contributed by atoms with Gasteiger partial charge in [0, 0.05) is 6.42 Å². The molecule has 1 rings (SSSR count). The molecule has 1 N–H and O–H groups in total. The first-order valence-electron chi connectivity index (χ1n) is 4.67. The van der Waals surface area contributed by atoms with E-state index in [1.807, 2.05) is 13.8 Å².